The molecule has 13 heavy (non-hydrogen) atoms. The third-order valence-electron chi connectivity index (χ3n) is 1.79. The summed E-state index contributed by atoms with van der Waals surface area (Å²) in [4.78, 5) is 0.915. The minimum Gasteiger partial charge on any atom is -0.611 e. The van der Waals surface area contributed by atoms with Crippen LogP contribution in [0.25, 0.3) is 0 Å². The van der Waals surface area contributed by atoms with E-state index in [2.05, 4.69) is 0 Å². The van der Waals surface area contributed by atoms with Gasteiger partial charge in [-0.05, 0) is 51.0 Å². The van der Waals surface area contributed by atoms with Crippen molar-refractivity contribution in [2.45, 2.75) is 37.3 Å². The number of rotatable bonds is 1. The van der Waals surface area contributed by atoms with Crippen molar-refractivity contribution in [1.29, 1.82) is 0 Å². The molecular weight excluding hydrogens is 180 g/mol. The summed E-state index contributed by atoms with van der Waals surface area (Å²) in [5.41, 5.74) is 1.20. The van der Waals surface area contributed by atoms with Crippen LogP contribution in [0, 0.1) is 6.92 Å². The molecular formula is C11H16OS. The Labute approximate surface area is 83.4 Å². The topological polar surface area (TPSA) is 23.1 Å². The first-order valence-corrected chi connectivity index (χ1v) is 5.55. The first-order valence-electron chi connectivity index (χ1n) is 4.40. The van der Waals surface area contributed by atoms with E-state index in [4.69, 9.17) is 0 Å². The Morgan fingerprint density at radius 3 is 1.92 bits per heavy atom. The van der Waals surface area contributed by atoms with Gasteiger partial charge in [0.1, 0.15) is 4.75 Å². The Kier molecular flexibility index (Phi) is 3.04. The summed E-state index contributed by atoms with van der Waals surface area (Å²) in [6, 6.07) is 7.88. The highest BCUT2D eigenvalue weighted by atomic mass is 32.2. The van der Waals surface area contributed by atoms with Crippen LogP contribution < -0.4 is 0 Å². The minimum atomic E-state index is -0.909. The molecule has 0 radical (unpaired) electrons. The molecule has 0 saturated carbocycles. The van der Waals surface area contributed by atoms with Crippen LogP contribution in [-0.4, -0.2) is 9.30 Å². The van der Waals surface area contributed by atoms with Gasteiger partial charge in [0.05, 0.1) is 0 Å². The van der Waals surface area contributed by atoms with Gasteiger partial charge in [0, 0.05) is 0 Å². The molecule has 0 heterocycles. The van der Waals surface area contributed by atoms with Crippen molar-refractivity contribution in [2.75, 3.05) is 0 Å². The summed E-state index contributed by atoms with van der Waals surface area (Å²) in [6.07, 6.45) is 0. The molecule has 0 aliphatic carbocycles. The van der Waals surface area contributed by atoms with Crippen LogP contribution in [0.15, 0.2) is 29.2 Å². The molecule has 1 rings (SSSR count). The highest BCUT2D eigenvalue weighted by molar-refractivity contribution is 7.92. The zero-order valence-electron chi connectivity index (χ0n) is 8.63. The van der Waals surface area contributed by atoms with E-state index in [0.29, 0.717) is 0 Å². The molecule has 0 aliphatic rings. The van der Waals surface area contributed by atoms with Crippen molar-refractivity contribution in [2.24, 2.45) is 0 Å². The van der Waals surface area contributed by atoms with Gasteiger partial charge >= 0.3 is 0 Å². The average Bonchev–Trinajstić information content (AvgIpc) is 2.03. The maximum atomic E-state index is 11.9. The van der Waals surface area contributed by atoms with Gasteiger partial charge in [-0.2, -0.15) is 0 Å². The van der Waals surface area contributed by atoms with E-state index in [0.717, 1.165) is 4.90 Å². The van der Waals surface area contributed by atoms with Crippen LogP contribution in [0.5, 0.6) is 0 Å². The second kappa shape index (κ2) is 3.72. The Morgan fingerprint density at radius 1 is 1.08 bits per heavy atom. The van der Waals surface area contributed by atoms with E-state index in [-0.39, 0.29) is 4.75 Å². The van der Waals surface area contributed by atoms with Crippen molar-refractivity contribution >= 4 is 11.2 Å². The Bertz CT molecular complexity index is 271. The summed E-state index contributed by atoms with van der Waals surface area (Å²) in [5.74, 6) is 0. The number of aryl methyl sites for hydroxylation is 1. The molecule has 1 aromatic carbocycles. The summed E-state index contributed by atoms with van der Waals surface area (Å²) in [7, 11) is 0. The molecule has 72 valence electrons. The van der Waals surface area contributed by atoms with Gasteiger partial charge in [0.15, 0.2) is 4.90 Å². The first kappa shape index (κ1) is 10.6. The molecule has 0 bridgehead atoms. The second-order valence-electron chi connectivity index (χ2n) is 4.19. The zero-order valence-corrected chi connectivity index (χ0v) is 9.44. The minimum absolute atomic E-state index is 0.171. The standard InChI is InChI=1S/C11H16OS/c1-9-5-7-10(8-6-9)13(12)11(2,3)4/h5-8H,1-4H3/t13-/m1/s1. The number of hydrogen-bond acceptors (Lipinski definition) is 1. The van der Waals surface area contributed by atoms with Crippen molar-refractivity contribution in [3.05, 3.63) is 29.8 Å². The number of hydrogen-bond donors (Lipinski definition) is 0. The third kappa shape index (κ3) is 2.75. The Hall–Kier alpha value is -0.470. The predicted molar refractivity (Wildman–Crippen MR) is 57.3 cm³/mol. The number of benzene rings is 1. The molecule has 2 heteroatoms. The Balaban J connectivity index is 2.90. The van der Waals surface area contributed by atoms with Gasteiger partial charge in [-0.1, -0.05) is 17.7 Å². The predicted octanol–water partition coefficient (Wildman–Crippen LogP) is 2.90. The summed E-state index contributed by atoms with van der Waals surface area (Å²) in [5, 5.41) is 0. The molecule has 1 atom stereocenters. The van der Waals surface area contributed by atoms with Crippen LogP contribution in [0.2, 0.25) is 0 Å². The van der Waals surface area contributed by atoms with E-state index in [1.54, 1.807) is 0 Å². The lowest BCUT2D eigenvalue weighted by molar-refractivity contribution is 0.559. The maximum absolute atomic E-state index is 11.9. The van der Waals surface area contributed by atoms with Crippen molar-refractivity contribution in [3.8, 4) is 0 Å². The van der Waals surface area contributed by atoms with Crippen LogP contribution >= 0.6 is 0 Å². The molecule has 1 nitrogen and oxygen atoms in total. The first-order chi connectivity index (χ1) is 5.91. The molecule has 0 fully saturated rings. The van der Waals surface area contributed by atoms with Crippen molar-refractivity contribution in [3.63, 3.8) is 0 Å². The SMILES string of the molecule is Cc1ccc([S@@+]([O-])C(C)(C)C)cc1. The van der Waals surface area contributed by atoms with E-state index < -0.39 is 11.2 Å². The highest BCUT2D eigenvalue weighted by Gasteiger charge is 2.27. The largest absolute Gasteiger partial charge is 0.611 e. The van der Waals surface area contributed by atoms with E-state index in [1.165, 1.54) is 5.56 Å². The fourth-order valence-corrected chi connectivity index (χ4v) is 2.11. The fourth-order valence-electron chi connectivity index (χ4n) is 1.02. The summed E-state index contributed by atoms with van der Waals surface area (Å²) >= 11 is -0.909. The quantitative estimate of drug-likeness (QED) is 0.633. The van der Waals surface area contributed by atoms with Crippen LogP contribution in [0.1, 0.15) is 26.3 Å². The van der Waals surface area contributed by atoms with Crippen molar-refractivity contribution < 1.29 is 4.55 Å². The average molecular weight is 196 g/mol. The van der Waals surface area contributed by atoms with Crippen LogP contribution in [0.3, 0.4) is 0 Å². The van der Waals surface area contributed by atoms with E-state index in [1.807, 2.05) is 52.0 Å². The van der Waals surface area contributed by atoms with Gasteiger partial charge in [0.25, 0.3) is 0 Å². The molecule has 0 aliphatic heterocycles. The summed E-state index contributed by atoms with van der Waals surface area (Å²) in [6.45, 7) is 8.00. The van der Waals surface area contributed by atoms with Gasteiger partial charge in [-0.25, -0.2) is 0 Å². The monoisotopic (exact) mass is 196 g/mol. The van der Waals surface area contributed by atoms with Gasteiger partial charge in [-0.3, -0.25) is 0 Å². The molecule has 1 aromatic rings. The molecule has 0 saturated heterocycles. The normalized spacial score (nSPS) is 14.2. The van der Waals surface area contributed by atoms with E-state index >= 15 is 0 Å². The smallest absolute Gasteiger partial charge is 0.153 e. The molecule has 0 N–H and O–H groups in total. The second-order valence-corrected chi connectivity index (χ2v) is 6.43. The lowest BCUT2D eigenvalue weighted by atomic mass is 10.2. The van der Waals surface area contributed by atoms with Gasteiger partial charge in [-0.15, -0.1) is 0 Å². The fraction of sp³-hybridized carbons (Fsp3) is 0.455. The van der Waals surface area contributed by atoms with Gasteiger partial charge < -0.3 is 4.55 Å². The van der Waals surface area contributed by atoms with Crippen molar-refractivity contribution in [1.82, 2.24) is 0 Å². The highest BCUT2D eigenvalue weighted by Crippen LogP contribution is 2.24. The molecule has 0 spiro atoms. The summed E-state index contributed by atoms with van der Waals surface area (Å²) < 4.78 is 11.7. The third-order valence-corrected chi connectivity index (χ3v) is 3.60. The lowest BCUT2D eigenvalue weighted by Gasteiger charge is -2.23. The van der Waals surface area contributed by atoms with Crippen LogP contribution in [0.4, 0.5) is 0 Å². The van der Waals surface area contributed by atoms with Gasteiger partial charge in [0.2, 0.25) is 0 Å². The zero-order chi connectivity index (χ0) is 10.1. The maximum Gasteiger partial charge on any atom is 0.153 e. The van der Waals surface area contributed by atoms with E-state index in [9.17, 15) is 4.55 Å². The van der Waals surface area contributed by atoms with Crippen LogP contribution in [-0.2, 0) is 11.2 Å². The molecule has 0 amide bonds. The molecule has 0 aromatic heterocycles. The molecule has 0 unspecified atom stereocenters. The lowest BCUT2D eigenvalue weighted by Crippen LogP contribution is -2.27. The Morgan fingerprint density at radius 2 is 1.54 bits per heavy atom.